The number of carboxylic acid groups (broad SMARTS) is 1. The van der Waals surface area contributed by atoms with Crippen LogP contribution in [0, 0.1) is 6.92 Å². The van der Waals surface area contributed by atoms with E-state index >= 15 is 0 Å². The molecular formula is C15H11ClN2O2. The molecular weight excluding hydrogens is 276 g/mol. The summed E-state index contributed by atoms with van der Waals surface area (Å²) in [6, 6.07) is 10.6. The van der Waals surface area contributed by atoms with Gasteiger partial charge in [-0.15, -0.1) is 0 Å². The zero-order valence-corrected chi connectivity index (χ0v) is 11.4. The normalized spacial score (nSPS) is 10.9. The van der Waals surface area contributed by atoms with Crippen LogP contribution < -0.4 is 0 Å². The maximum absolute atomic E-state index is 11.0. The van der Waals surface area contributed by atoms with Crippen LogP contribution >= 0.6 is 11.6 Å². The Morgan fingerprint density at radius 1 is 1.30 bits per heavy atom. The molecule has 0 spiro atoms. The summed E-state index contributed by atoms with van der Waals surface area (Å²) in [5, 5.41) is 9.66. The Balaban J connectivity index is 2.29. The van der Waals surface area contributed by atoms with Crippen LogP contribution in [0.2, 0.25) is 5.02 Å². The molecule has 4 nitrogen and oxygen atoms in total. The van der Waals surface area contributed by atoms with Gasteiger partial charge in [0.25, 0.3) is 0 Å². The molecule has 1 aromatic carbocycles. The molecule has 0 saturated carbocycles. The molecule has 5 heteroatoms. The van der Waals surface area contributed by atoms with Gasteiger partial charge in [-0.1, -0.05) is 29.8 Å². The number of aromatic carboxylic acids is 1. The molecule has 1 N–H and O–H groups in total. The van der Waals surface area contributed by atoms with Crippen LogP contribution in [-0.4, -0.2) is 20.5 Å². The molecule has 0 aliphatic carbocycles. The Bertz CT molecular complexity index is 824. The van der Waals surface area contributed by atoms with Crippen molar-refractivity contribution in [1.29, 1.82) is 0 Å². The molecule has 0 atom stereocenters. The van der Waals surface area contributed by atoms with E-state index in [0.717, 1.165) is 17.0 Å². The van der Waals surface area contributed by atoms with Gasteiger partial charge in [0.05, 0.1) is 17.0 Å². The lowest BCUT2D eigenvalue weighted by atomic mass is 10.1. The van der Waals surface area contributed by atoms with Crippen LogP contribution in [0.25, 0.3) is 16.9 Å². The molecule has 100 valence electrons. The molecule has 0 fully saturated rings. The van der Waals surface area contributed by atoms with Crippen molar-refractivity contribution in [3.8, 4) is 11.3 Å². The van der Waals surface area contributed by atoms with Crippen molar-refractivity contribution in [1.82, 2.24) is 9.38 Å². The number of aryl methyl sites for hydroxylation is 1. The minimum absolute atomic E-state index is 0.216. The van der Waals surface area contributed by atoms with Gasteiger partial charge in [-0.05, 0) is 25.1 Å². The number of rotatable bonds is 2. The summed E-state index contributed by atoms with van der Waals surface area (Å²) in [4.78, 5) is 15.4. The summed E-state index contributed by atoms with van der Waals surface area (Å²) in [5.41, 5.74) is 3.37. The SMILES string of the molecule is Cc1nc2cc(C(=O)O)ccn2c1-c1ccccc1Cl. The van der Waals surface area contributed by atoms with Crippen LogP contribution in [0.4, 0.5) is 0 Å². The molecule has 0 bridgehead atoms. The van der Waals surface area contributed by atoms with Crippen LogP contribution in [-0.2, 0) is 0 Å². The number of aromatic nitrogens is 2. The fourth-order valence-corrected chi connectivity index (χ4v) is 2.50. The van der Waals surface area contributed by atoms with Crippen LogP contribution in [0.5, 0.6) is 0 Å². The van der Waals surface area contributed by atoms with E-state index in [1.54, 1.807) is 18.3 Å². The summed E-state index contributed by atoms with van der Waals surface area (Å²) >= 11 is 6.23. The van der Waals surface area contributed by atoms with Gasteiger partial charge in [0.15, 0.2) is 0 Å². The van der Waals surface area contributed by atoms with E-state index in [0.29, 0.717) is 10.7 Å². The Kier molecular flexibility index (Phi) is 2.95. The number of carbonyl (C=O) groups is 1. The predicted octanol–water partition coefficient (Wildman–Crippen LogP) is 3.66. The number of hydrogen-bond donors (Lipinski definition) is 1. The molecule has 0 saturated heterocycles. The van der Waals surface area contributed by atoms with Crippen LogP contribution in [0.1, 0.15) is 16.1 Å². The highest BCUT2D eigenvalue weighted by atomic mass is 35.5. The number of carboxylic acids is 1. The minimum Gasteiger partial charge on any atom is -0.478 e. The second kappa shape index (κ2) is 4.65. The van der Waals surface area contributed by atoms with Gasteiger partial charge in [0.2, 0.25) is 0 Å². The summed E-state index contributed by atoms with van der Waals surface area (Å²) in [5.74, 6) is -0.965. The molecule has 0 aliphatic rings. The molecule has 2 aromatic heterocycles. The first-order valence-electron chi connectivity index (χ1n) is 6.05. The van der Waals surface area contributed by atoms with Crippen molar-refractivity contribution in [2.24, 2.45) is 0 Å². The largest absolute Gasteiger partial charge is 0.478 e. The number of nitrogens with zero attached hydrogens (tertiary/aromatic N) is 2. The van der Waals surface area contributed by atoms with E-state index in [1.165, 1.54) is 0 Å². The first kappa shape index (κ1) is 12.7. The number of pyridine rings is 1. The van der Waals surface area contributed by atoms with Crippen molar-refractivity contribution in [2.75, 3.05) is 0 Å². The lowest BCUT2D eigenvalue weighted by Crippen LogP contribution is -1.98. The summed E-state index contributed by atoms with van der Waals surface area (Å²) < 4.78 is 1.85. The smallest absolute Gasteiger partial charge is 0.335 e. The highest BCUT2D eigenvalue weighted by Gasteiger charge is 2.14. The second-order valence-electron chi connectivity index (χ2n) is 4.47. The van der Waals surface area contributed by atoms with E-state index in [2.05, 4.69) is 4.98 Å². The molecule has 0 radical (unpaired) electrons. The average Bonchev–Trinajstić information content (AvgIpc) is 2.74. The van der Waals surface area contributed by atoms with Gasteiger partial charge >= 0.3 is 5.97 Å². The Morgan fingerprint density at radius 2 is 2.05 bits per heavy atom. The highest BCUT2D eigenvalue weighted by Crippen LogP contribution is 2.30. The van der Waals surface area contributed by atoms with Gasteiger partial charge < -0.3 is 5.11 Å². The summed E-state index contributed by atoms with van der Waals surface area (Å²) in [6.45, 7) is 1.88. The molecule has 2 heterocycles. The lowest BCUT2D eigenvalue weighted by molar-refractivity contribution is 0.0697. The van der Waals surface area contributed by atoms with Crippen molar-refractivity contribution in [3.63, 3.8) is 0 Å². The van der Waals surface area contributed by atoms with Gasteiger partial charge in [0.1, 0.15) is 5.65 Å². The molecule has 3 rings (SSSR count). The number of halogens is 1. The van der Waals surface area contributed by atoms with E-state index in [4.69, 9.17) is 16.7 Å². The predicted molar refractivity (Wildman–Crippen MR) is 77.3 cm³/mol. The van der Waals surface area contributed by atoms with Crippen LogP contribution in [0.15, 0.2) is 42.6 Å². The van der Waals surface area contributed by atoms with Gasteiger partial charge in [-0.3, -0.25) is 4.40 Å². The Morgan fingerprint density at radius 3 is 2.75 bits per heavy atom. The Labute approximate surface area is 120 Å². The number of imidazole rings is 1. The first-order valence-corrected chi connectivity index (χ1v) is 6.42. The van der Waals surface area contributed by atoms with Gasteiger partial charge in [-0.2, -0.15) is 0 Å². The number of fused-ring (bicyclic) bond motifs is 1. The maximum Gasteiger partial charge on any atom is 0.335 e. The van der Waals surface area contributed by atoms with E-state index < -0.39 is 5.97 Å². The molecule has 20 heavy (non-hydrogen) atoms. The van der Waals surface area contributed by atoms with Crippen molar-refractivity contribution >= 4 is 23.2 Å². The second-order valence-corrected chi connectivity index (χ2v) is 4.88. The molecule has 3 aromatic rings. The van der Waals surface area contributed by atoms with Gasteiger partial charge in [0, 0.05) is 16.8 Å². The minimum atomic E-state index is -0.965. The van der Waals surface area contributed by atoms with Gasteiger partial charge in [-0.25, -0.2) is 9.78 Å². The molecule has 0 unspecified atom stereocenters. The fraction of sp³-hybridized carbons (Fsp3) is 0.0667. The molecule has 0 amide bonds. The first-order chi connectivity index (χ1) is 9.58. The van der Waals surface area contributed by atoms with Crippen molar-refractivity contribution < 1.29 is 9.90 Å². The summed E-state index contributed by atoms with van der Waals surface area (Å²) in [6.07, 6.45) is 1.71. The Hall–Kier alpha value is -2.33. The number of benzene rings is 1. The summed E-state index contributed by atoms with van der Waals surface area (Å²) in [7, 11) is 0. The van der Waals surface area contributed by atoms with E-state index in [1.807, 2.05) is 35.6 Å². The third-order valence-electron chi connectivity index (χ3n) is 3.18. The highest BCUT2D eigenvalue weighted by molar-refractivity contribution is 6.33. The average molecular weight is 287 g/mol. The zero-order chi connectivity index (χ0) is 14.3. The quantitative estimate of drug-likeness (QED) is 0.782. The topological polar surface area (TPSA) is 54.6 Å². The van der Waals surface area contributed by atoms with E-state index in [9.17, 15) is 4.79 Å². The molecule has 0 aliphatic heterocycles. The standard InChI is InChI=1S/C15H11ClN2O2/c1-9-14(11-4-2-3-5-12(11)16)18-7-6-10(15(19)20)8-13(18)17-9/h2-8H,1H3,(H,19,20). The fourth-order valence-electron chi connectivity index (χ4n) is 2.27. The third kappa shape index (κ3) is 1.94. The number of hydrogen-bond acceptors (Lipinski definition) is 2. The zero-order valence-electron chi connectivity index (χ0n) is 10.7. The van der Waals surface area contributed by atoms with E-state index in [-0.39, 0.29) is 5.56 Å². The monoisotopic (exact) mass is 286 g/mol. The van der Waals surface area contributed by atoms with Crippen molar-refractivity contribution in [3.05, 3.63) is 58.9 Å². The lowest BCUT2D eigenvalue weighted by Gasteiger charge is -2.05. The third-order valence-corrected chi connectivity index (χ3v) is 3.51. The maximum atomic E-state index is 11.0. The van der Waals surface area contributed by atoms with Crippen molar-refractivity contribution in [2.45, 2.75) is 6.92 Å². The van der Waals surface area contributed by atoms with Crippen LogP contribution in [0.3, 0.4) is 0 Å².